The highest BCUT2D eigenvalue weighted by Gasteiger charge is 2.19. The quantitative estimate of drug-likeness (QED) is 0.706. The maximum Gasteiger partial charge on any atom is 0.161 e. The normalized spacial score (nSPS) is 20.9. The van der Waals surface area contributed by atoms with Crippen molar-refractivity contribution in [2.24, 2.45) is 5.73 Å². The van der Waals surface area contributed by atoms with Crippen molar-refractivity contribution in [2.75, 3.05) is 32.9 Å². The summed E-state index contributed by atoms with van der Waals surface area (Å²) in [7, 11) is 1.57. The fourth-order valence-electron chi connectivity index (χ4n) is 3.31. The van der Waals surface area contributed by atoms with Crippen LogP contribution in [0.25, 0.3) is 16.5 Å². The Bertz CT molecular complexity index is 986. The monoisotopic (exact) mass is 412 g/mol. The predicted octanol–water partition coefficient (Wildman–Crippen LogP) is 3.26. The summed E-state index contributed by atoms with van der Waals surface area (Å²) >= 11 is 0. The van der Waals surface area contributed by atoms with Gasteiger partial charge in [-0.05, 0) is 53.2 Å². The van der Waals surface area contributed by atoms with Gasteiger partial charge >= 0.3 is 0 Å². The van der Waals surface area contributed by atoms with Gasteiger partial charge < -0.3 is 35.7 Å². The van der Waals surface area contributed by atoms with Gasteiger partial charge in [-0.25, -0.2) is 4.39 Å². The van der Waals surface area contributed by atoms with Crippen molar-refractivity contribution < 1.29 is 23.3 Å². The van der Waals surface area contributed by atoms with E-state index in [1.807, 2.05) is 24.3 Å². The van der Waals surface area contributed by atoms with Crippen molar-refractivity contribution >= 4 is 16.8 Å². The summed E-state index contributed by atoms with van der Waals surface area (Å²) in [5.41, 5.74) is 14.7. The van der Waals surface area contributed by atoms with Crippen LogP contribution in [0.4, 0.5) is 10.1 Å². The van der Waals surface area contributed by atoms with Crippen molar-refractivity contribution in [1.29, 1.82) is 0 Å². The lowest BCUT2D eigenvalue weighted by Crippen LogP contribution is -2.22. The first-order valence-corrected chi connectivity index (χ1v) is 9.48. The Morgan fingerprint density at radius 2 is 2.07 bits per heavy atom. The van der Waals surface area contributed by atoms with Gasteiger partial charge in [0.05, 0.1) is 13.7 Å². The van der Waals surface area contributed by atoms with Gasteiger partial charge in [0.1, 0.15) is 25.3 Å². The Morgan fingerprint density at radius 3 is 2.80 bits per heavy atom. The minimum atomic E-state index is -0.662. The van der Waals surface area contributed by atoms with E-state index in [0.29, 0.717) is 41.5 Å². The summed E-state index contributed by atoms with van der Waals surface area (Å²) in [6, 6.07) is 10.1. The minimum absolute atomic E-state index is 0.101. The van der Waals surface area contributed by atoms with E-state index in [4.69, 9.17) is 30.4 Å². The molecular weight excluding hydrogens is 389 g/mol. The van der Waals surface area contributed by atoms with Gasteiger partial charge in [0.25, 0.3) is 0 Å². The standard InChI is InChI=1S/C22H23FN3O4/c1-27-21-7-13(2-5-20(21)29-11-16-10-28-12-30-16)14-6-18(22(25)26-9-14)17-4-3-15(24)8-19(17)23/h2-9,16,22H,10-12,24-25H2,1H3/q-1/t16-,22?/m1/s1. The number of benzene rings is 2. The van der Waals surface area contributed by atoms with E-state index < -0.39 is 12.0 Å². The van der Waals surface area contributed by atoms with Crippen LogP contribution >= 0.6 is 0 Å². The lowest BCUT2D eigenvalue weighted by atomic mass is 9.94. The highest BCUT2D eigenvalue weighted by atomic mass is 19.1. The van der Waals surface area contributed by atoms with Gasteiger partial charge in [0, 0.05) is 11.3 Å². The highest BCUT2D eigenvalue weighted by molar-refractivity contribution is 5.90. The number of methoxy groups -OCH3 is 1. The van der Waals surface area contributed by atoms with E-state index in [0.717, 1.165) is 11.1 Å². The first-order chi connectivity index (χ1) is 14.5. The molecule has 2 atom stereocenters. The fourth-order valence-corrected chi connectivity index (χ4v) is 3.31. The lowest BCUT2D eigenvalue weighted by Gasteiger charge is -2.34. The van der Waals surface area contributed by atoms with Crippen LogP contribution in [0.1, 0.15) is 11.1 Å². The van der Waals surface area contributed by atoms with E-state index in [1.165, 1.54) is 6.07 Å². The summed E-state index contributed by atoms with van der Waals surface area (Å²) in [5, 5.41) is 4.32. The van der Waals surface area contributed by atoms with Crippen LogP contribution in [0.3, 0.4) is 0 Å². The van der Waals surface area contributed by atoms with Gasteiger partial charge in [-0.15, -0.1) is 0 Å². The molecule has 2 aromatic rings. The maximum atomic E-state index is 14.4. The van der Waals surface area contributed by atoms with Crippen molar-refractivity contribution in [3.8, 4) is 11.5 Å². The number of nitrogens with zero attached hydrogens (tertiary/aromatic N) is 1. The topological polar surface area (TPSA) is 103 Å². The van der Waals surface area contributed by atoms with Gasteiger partial charge in [-0.2, -0.15) is 6.20 Å². The van der Waals surface area contributed by atoms with Gasteiger partial charge in [-0.3, -0.25) is 0 Å². The Morgan fingerprint density at radius 1 is 1.20 bits per heavy atom. The fraction of sp³-hybridized carbons (Fsp3) is 0.273. The van der Waals surface area contributed by atoms with Crippen LogP contribution in [0.2, 0.25) is 0 Å². The van der Waals surface area contributed by atoms with Gasteiger partial charge in [0.15, 0.2) is 11.5 Å². The average molecular weight is 412 g/mol. The third-order valence-electron chi connectivity index (χ3n) is 4.92. The number of halogens is 1. The summed E-state index contributed by atoms with van der Waals surface area (Å²) in [5.74, 6) is 0.721. The molecule has 0 spiro atoms. The molecule has 0 saturated carbocycles. The Hall–Kier alpha value is -3.07. The number of hydrogen-bond acceptors (Lipinski definition) is 6. The molecule has 2 aromatic carbocycles. The number of nitrogens with two attached hydrogens (primary N) is 2. The zero-order valence-electron chi connectivity index (χ0n) is 16.5. The van der Waals surface area contributed by atoms with Gasteiger partial charge in [0.2, 0.25) is 0 Å². The van der Waals surface area contributed by atoms with Crippen molar-refractivity contribution in [3.05, 3.63) is 70.9 Å². The molecular formula is C22H23FN3O4-. The molecule has 8 heteroatoms. The molecule has 158 valence electrons. The number of hydrogen-bond donors (Lipinski definition) is 2. The Kier molecular flexibility index (Phi) is 5.89. The van der Waals surface area contributed by atoms with E-state index >= 15 is 0 Å². The molecule has 2 aliphatic rings. The maximum absolute atomic E-state index is 14.4. The molecule has 1 saturated heterocycles. The first-order valence-electron chi connectivity index (χ1n) is 9.48. The summed E-state index contributed by atoms with van der Waals surface area (Å²) in [6.07, 6.45) is 2.73. The van der Waals surface area contributed by atoms with Crippen LogP contribution in [-0.2, 0) is 9.47 Å². The molecule has 2 heterocycles. The van der Waals surface area contributed by atoms with Crippen molar-refractivity contribution in [1.82, 2.24) is 0 Å². The van der Waals surface area contributed by atoms with E-state index in [-0.39, 0.29) is 12.9 Å². The molecule has 0 aromatic heterocycles. The first kappa shape index (κ1) is 20.2. The summed E-state index contributed by atoms with van der Waals surface area (Å²) in [6.45, 7) is 1.15. The SMILES string of the molecule is COc1cc(C2=C[N-]C(N)C(c3ccc(N)cc3F)=C2)ccc1OC[C@H]1COCO1. The number of nitrogen functional groups attached to an aromatic ring is 1. The van der Waals surface area contributed by atoms with Crippen molar-refractivity contribution in [2.45, 2.75) is 12.3 Å². The van der Waals surface area contributed by atoms with Gasteiger partial charge in [-0.1, -0.05) is 12.1 Å². The van der Waals surface area contributed by atoms with Crippen molar-refractivity contribution in [3.63, 3.8) is 0 Å². The van der Waals surface area contributed by atoms with E-state index in [2.05, 4.69) is 5.32 Å². The van der Waals surface area contributed by atoms with Crippen LogP contribution in [-0.4, -0.2) is 39.4 Å². The van der Waals surface area contributed by atoms with E-state index in [1.54, 1.807) is 25.4 Å². The van der Waals surface area contributed by atoms with Crippen LogP contribution in [0, 0.1) is 5.82 Å². The summed E-state index contributed by atoms with van der Waals surface area (Å²) < 4.78 is 36.3. The molecule has 0 amide bonds. The molecule has 1 fully saturated rings. The minimum Gasteiger partial charge on any atom is -0.672 e. The molecule has 7 nitrogen and oxygen atoms in total. The second-order valence-electron chi connectivity index (χ2n) is 6.97. The smallest absolute Gasteiger partial charge is 0.161 e. The second kappa shape index (κ2) is 8.74. The largest absolute Gasteiger partial charge is 0.672 e. The lowest BCUT2D eigenvalue weighted by molar-refractivity contribution is 0.0317. The molecule has 0 radical (unpaired) electrons. The number of allylic oxidation sites excluding steroid dienone is 2. The average Bonchev–Trinajstić information content (AvgIpc) is 3.26. The number of anilines is 1. The molecule has 4 N–H and O–H groups in total. The molecule has 0 bridgehead atoms. The zero-order valence-corrected chi connectivity index (χ0v) is 16.5. The Balaban J connectivity index is 1.58. The van der Waals surface area contributed by atoms with Crippen LogP contribution in [0.15, 0.2) is 48.7 Å². The van der Waals surface area contributed by atoms with E-state index in [9.17, 15) is 4.39 Å². The highest BCUT2D eigenvalue weighted by Crippen LogP contribution is 2.36. The number of ether oxygens (including phenoxy) is 4. The third kappa shape index (κ3) is 4.25. The summed E-state index contributed by atoms with van der Waals surface area (Å²) in [4.78, 5) is 0. The second-order valence-corrected chi connectivity index (χ2v) is 6.97. The molecule has 30 heavy (non-hydrogen) atoms. The molecule has 4 rings (SSSR count). The molecule has 0 aliphatic carbocycles. The van der Waals surface area contributed by atoms with Crippen LogP contribution < -0.4 is 20.9 Å². The molecule has 2 aliphatic heterocycles. The Labute approximate surface area is 174 Å². The third-order valence-corrected chi connectivity index (χ3v) is 4.92. The van der Waals surface area contributed by atoms with Crippen LogP contribution in [0.5, 0.6) is 11.5 Å². The predicted molar refractivity (Wildman–Crippen MR) is 112 cm³/mol. The zero-order chi connectivity index (χ0) is 21.1. The number of rotatable bonds is 6. The molecule has 1 unspecified atom stereocenters.